The molecule has 0 aliphatic heterocycles. The van der Waals surface area contributed by atoms with Gasteiger partial charge in [0.25, 0.3) is 5.91 Å². The van der Waals surface area contributed by atoms with Gasteiger partial charge in [0.05, 0.1) is 11.1 Å². The van der Waals surface area contributed by atoms with Crippen molar-refractivity contribution in [3.8, 4) is 0 Å². The third-order valence-electron chi connectivity index (χ3n) is 3.08. The van der Waals surface area contributed by atoms with Gasteiger partial charge in [0, 0.05) is 18.6 Å². The van der Waals surface area contributed by atoms with E-state index in [1.54, 1.807) is 18.3 Å². The summed E-state index contributed by atoms with van der Waals surface area (Å²) in [5, 5.41) is 9.85. The Morgan fingerprint density at radius 3 is 2.72 bits per heavy atom. The second-order valence-electron chi connectivity index (χ2n) is 4.18. The van der Waals surface area contributed by atoms with Crippen molar-refractivity contribution in [1.82, 2.24) is 9.88 Å². The maximum Gasteiger partial charge on any atom is 0.326 e. The number of carboxylic acids is 1. The lowest BCUT2D eigenvalue weighted by atomic mass is 10.1. The van der Waals surface area contributed by atoms with Crippen molar-refractivity contribution in [3.05, 3.63) is 36.0 Å². The minimum absolute atomic E-state index is 0.307. The van der Waals surface area contributed by atoms with Gasteiger partial charge >= 0.3 is 5.97 Å². The number of hydrogen-bond acceptors (Lipinski definition) is 2. The minimum atomic E-state index is -1.02. The van der Waals surface area contributed by atoms with E-state index in [9.17, 15) is 9.59 Å². The van der Waals surface area contributed by atoms with Gasteiger partial charge in [-0.05, 0) is 19.1 Å². The number of aromatic nitrogens is 1. The molecule has 1 heterocycles. The van der Waals surface area contributed by atoms with Crippen molar-refractivity contribution in [2.45, 2.75) is 13.0 Å². The van der Waals surface area contributed by atoms with E-state index < -0.39 is 12.0 Å². The molecular weight excluding hydrogens is 232 g/mol. The van der Waals surface area contributed by atoms with Crippen molar-refractivity contribution in [3.63, 3.8) is 0 Å². The Morgan fingerprint density at radius 2 is 2.06 bits per heavy atom. The third kappa shape index (κ3) is 1.95. The van der Waals surface area contributed by atoms with Gasteiger partial charge in [-0.15, -0.1) is 0 Å². The van der Waals surface area contributed by atoms with Gasteiger partial charge in [0.2, 0.25) is 0 Å². The molecule has 5 heteroatoms. The second kappa shape index (κ2) is 4.52. The maximum absolute atomic E-state index is 12.2. The summed E-state index contributed by atoms with van der Waals surface area (Å²) in [7, 11) is 1.49. The van der Waals surface area contributed by atoms with Gasteiger partial charge < -0.3 is 15.0 Å². The Balaban J connectivity index is 2.39. The Hall–Kier alpha value is -2.30. The molecule has 0 aliphatic carbocycles. The summed E-state index contributed by atoms with van der Waals surface area (Å²) in [4.78, 5) is 27.4. The number of aromatic amines is 1. The zero-order chi connectivity index (χ0) is 13.3. The lowest BCUT2D eigenvalue weighted by Gasteiger charge is -2.21. The number of nitrogens with one attached hydrogen (secondary N) is 1. The molecule has 0 saturated heterocycles. The van der Waals surface area contributed by atoms with Crippen LogP contribution in [-0.4, -0.2) is 40.0 Å². The number of carboxylic acid groups (broad SMARTS) is 1. The molecule has 1 amide bonds. The molecule has 1 unspecified atom stereocenters. The number of nitrogens with zero attached hydrogens (tertiary/aromatic N) is 1. The predicted molar refractivity (Wildman–Crippen MR) is 67.5 cm³/mol. The van der Waals surface area contributed by atoms with Gasteiger partial charge in [-0.25, -0.2) is 4.79 Å². The number of amides is 1. The number of likely N-dealkylation sites (N-methyl/N-ethyl adjacent to an activating group) is 1. The summed E-state index contributed by atoms with van der Waals surface area (Å²) in [5.41, 5.74) is 1.21. The zero-order valence-corrected chi connectivity index (χ0v) is 10.2. The minimum Gasteiger partial charge on any atom is -0.480 e. The number of hydrogen-bond donors (Lipinski definition) is 2. The van der Waals surface area contributed by atoms with Gasteiger partial charge in [-0.3, -0.25) is 4.79 Å². The fourth-order valence-electron chi connectivity index (χ4n) is 1.79. The molecule has 2 N–H and O–H groups in total. The van der Waals surface area contributed by atoms with Crippen LogP contribution in [-0.2, 0) is 4.79 Å². The molecule has 18 heavy (non-hydrogen) atoms. The first-order valence-corrected chi connectivity index (χ1v) is 5.58. The van der Waals surface area contributed by atoms with Gasteiger partial charge in [0.15, 0.2) is 0 Å². The summed E-state index contributed by atoms with van der Waals surface area (Å²) in [6.07, 6.45) is 1.75. The van der Waals surface area contributed by atoms with Crippen LogP contribution in [0.25, 0.3) is 10.9 Å². The van der Waals surface area contributed by atoms with E-state index in [-0.39, 0.29) is 5.91 Å². The van der Waals surface area contributed by atoms with Crippen LogP contribution >= 0.6 is 0 Å². The van der Waals surface area contributed by atoms with Crippen LogP contribution < -0.4 is 0 Å². The van der Waals surface area contributed by atoms with E-state index in [4.69, 9.17) is 5.11 Å². The molecule has 5 nitrogen and oxygen atoms in total. The molecule has 94 valence electrons. The molecular formula is C13H14N2O3. The Bertz CT molecular complexity index is 603. The van der Waals surface area contributed by atoms with E-state index in [1.807, 2.05) is 12.1 Å². The molecule has 0 bridgehead atoms. The van der Waals surface area contributed by atoms with Crippen LogP contribution in [0.4, 0.5) is 0 Å². The highest BCUT2D eigenvalue weighted by Gasteiger charge is 2.24. The van der Waals surface area contributed by atoms with Gasteiger partial charge in [-0.1, -0.05) is 12.1 Å². The number of fused-ring (bicyclic) bond motifs is 1. The topological polar surface area (TPSA) is 73.4 Å². The van der Waals surface area contributed by atoms with Crippen molar-refractivity contribution in [2.24, 2.45) is 0 Å². The highest BCUT2D eigenvalue weighted by atomic mass is 16.4. The number of benzene rings is 1. The molecule has 0 aliphatic rings. The Morgan fingerprint density at radius 1 is 1.33 bits per heavy atom. The fourth-order valence-corrected chi connectivity index (χ4v) is 1.79. The Kier molecular flexibility index (Phi) is 3.06. The van der Waals surface area contributed by atoms with E-state index in [2.05, 4.69) is 4.98 Å². The van der Waals surface area contributed by atoms with Gasteiger partial charge in [0.1, 0.15) is 6.04 Å². The molecule has 1 aromatic heterocycles. The molecule has 1 aromatic carbocycles. The summed E-state index contributed by atoms with van der Waals surface area (Å²) in [6.45, 7) is 1.48. The summed E-state index contributed by atoms with van der Waals surface area (Å²) < 4.78 is 0. The number of para-hydroxylation sites is 1. The number of H-pyrrole nitrogens is 1. The van der Waals surface area contributed by atoms with E-state index in [1.165, 1.54) is 18.9 Å². The number of carbonyl (C=O) groups is 2. The van der Waals surface area contributed by atoms with E-state index >= 15 is 0 Å². The quantitative estimate of drug-likeness (QED) is 0.865. The predicted octanol–water partition coefficient (Wildman–Crippen LogP) is 1.71. The highest BCUT2D eigenvalue weighted by molar-refractivity contribution is 6.06. The lowest BCUT2D eigenvalue weighted by Crippen LogP contribution is -2.40. The van der Waals surface area contributed by atoms with Crippen LogP contribution in [0, 0.1) is 0 Å². The first-order valence-electron chi connectivity index (χ1n) is 5.58. The van der Waals surface area contributed by atoms with E-state index in [0.29, 0.717) is 5.56 Å². The standard InChI is InChI=1S/C13H14N2O3/c1-8(13(17)18)15(2)12(16)10-5-3-4-9-6-7-14-11(9)10/h3-8,14H,1-2H3,(H,17,18). The molecule has 2 aromatic rings. The number of aliphatic carboxylic acids is 1. The number of rotatable bonds is 3. The van der Waals surface area contributed by atoms with Crippen LogP contribution in [0.3, 0.4) is 0 Å². The molecule has 0 fully saturated rings. The smallest absolute Gasteiger partial charge is 0.326 e. The second-order valence-corrected chi connectivity index (χ2v) is 4.18. The Labute approximate surface area is 104 Å². The average Bonchev–Trinajstić information content (AvgIpc) is 2.83. The third-order valence-corrected chi connectivity index (χ3v) is 3.08. The summed E-state index contributed by atoms with van der Waals surface area (Å²) >= 11 is 0. The van der Waals surface area contributed by atoms with Crippen LogP contribution in [0.2, 0.25) is 0 Å². The molecule has 0 radical (unpaired) electrons. The van der Waals surface area contributed by atoms with Crippen molar-refractivity contribution in [2.75, 3.05) is 7.05 Å². The zero-order valence-electron chi connectivity index (χ0n) is 10.2. The van der Waals surface area contributed by atoms with Crippen LogP contribution in [0.5, 0.6) is 0 Å². The maximum atomic E-state index is 12.2. The average molecular weight is 246 g/mol. The van der Waals surface area contributed by atoms with Crippen molar-refractivity contribution < 1.29 is 14.7 Å². The molecule has 0 spiro atoms. The largest absolute Gasteiger partial charge is 0.480 e. The first kappa shape index (κ1) is 12.2. The highest BCUT2D eigenvalue weighted by Crippen LogP contribution is 2.18. The van der Waals surface area contributed by atoms with Crippen molar-refractivity contribution in [1.29, 1.82) is 0 Å². The molecule has 0 saturated carbocycles. The first-order chi connectivity index (χ1) is 8.52. The van der Waals surface area contributed by atoms with Gasteiger partial charge in [-0.2, -0.15) is 0 Å². The summed E-state index contributed by atoms with van der Waals surface area (Å²) in [5.74, 6) is -1.33. The van der Waals surface area contributed by atoms with Crippen molar-refractivity contribution >= 4 is 22.8 Å². The van der Waals surface area contributed by atoms with Crippen LogP contribution in [0.1, 0.15) is 17.3 Å². The van der Waals surface area contributed by atoms with Crippen LogP contribution in [0.15, 0.2) is 30.5 Å². The number of carbonyl (C=O) groups excluding carboxylic acids is 1. The molecule has 2 rings (SSSR count). The molecule has 1 atom stereocenters. The fraction of sp³-hybridized carbons (Fsp3) is 0.231. The lowest BCUT2D eigenvalue weighted by molar-refractivity contribution is -0.141. The SMILES string of the molecule is CC(C(=O)O)N(C)C(=O)c1cccc2cc[nH]c12. The summed E-state index contributed by atoms with van der Waals surface area (Å²) in [6, 6.07) is 6.37. The van der Waals surface area contributed by atoms with E-state index in [0.717, 1.165) is 10.9 Å². The normalized spacial score (nSPS) is 12.3. The monoisotopic (exact) mass is 246 g/mol.